The summed E-state index contributed by atoms with van der Waals surface area (Å²) in [7, 11) is 0. The van der Waals surface area contributed by atoms with Gasteiger partial charge >= 0.3 is 0 Å². The third-order valence-corrected chi connectivity index (χ3v) is 9.43. The van der Waals surface area contributed by atoms with Crippen LogP contribution in [0.5, 0.6) is 0 Å². The van der Waals surface area contributed by atoms with Gasteiger partial charge in [-0.25, -0.2) is 9.97 Å². The van der Waals surface area contributed by atoms with E-state index in [-0.39, 0.29) is 0 Å². The van der Waals surface area contributed by atoms with Gasteiger partial charge in [-0.15, -0.1) is 11.3 Å². The van der Waals surface area contributed by atoms with Crippen molar-refractivity contribution in [2.24, 2.45) is 0 Å². The summed E-state index contributed by atoms with van der Waals surface area (Å²) < 4.78 is 6.28. The third-order valence-electron chi connectivity index (χ3n) is 8.30. The molecule has 6 nitrogen and oxygen atoms in total. The van der Waals surface area contributed by atoms with Crippen molar-refractivity contribution >= 4 is 22.4 Å². The maximum absolute atomic E-state index is 9.89. The summed E-state index contributed by atoms with van der Waals surface area (Å²) in [4.78, 5) is 13.7. The molecule has 5 aromatic rings. The quantitative estimate of drug-likeness (QED) is 0.256. The summed E-state index contributed by atoms with van der Waals surface area (Å²) in [5.74, 6) is 0.554. The minimum atomic E-state index is 0.546. The normalized spacial score (nSPS) is 15.4. The first-order valence-electron chi connectivity index (χ1n) is 14.0. The molecule has 0 amide bonds. The number of hydrogen-bond donors (Lipinski definition) is 1. The van der Waals surface area contributed by atoms with Crippen molar-refractivity contribution in [2.45, 2.75) is 46.2 Å². The van der Waals surface area contributed by atoms with E-state index in [1.54, 1.807) is 11.3 Å². The van der Waals surface area contributed by atoms with Gasteiger partial charge < -0.3 is 9.73 Å². The second-order valence-electron chi connectivity index (χ2n) is 10.9. The van der Waals surface area contributed by atoms with Crippen LogP contribution in [0.15, 0.2) is 52.9 Å². The fourth-order valence-electron chi connectivity index (χ4n) is 6.14. The van der Waals surface area contributed by atoms with Crippen LogP contribution in [0.1, 0.15) is 45.7 Å². The van der Waals surface area contributed by atoms with E-state index in [2.05, 4.69) is 72.6 Å². The van der Waals surface area contributed by atoms with E-state index in [4.69, 9.17) is 14.4 Å². The van der Waals surface area contributed by atoms with Crippen LogP contribution in [-0.4, -0.2) is 34.5 Å². The molecule has 40 heavy (non-hydrogen) atoms. The number of aromatic nitrogens is 2. The predicted octanol–water partition coefficient (Wildman–Crippen LogP) is 7.02. The number of likely N-dealkylation sites (tertiary alicyclic amines) is 1. The standard InChI is InChI=1S/C33H31N5OS/c1-20-24(25-8-6-10-27(21(25)2)33-37-28-11-12-35-18-30(28)40-33)7-5-9-26(20)32-36-29-16-22(19-38-13-3-4-14-38)15-23(17-34)31(29)39-32/h5-10,15-16,35H,3-4,11-14,18-19H2,1-2H3. The molecule has 0 saturated carbocycles. The first-order chi connectivity index (χ1) is 19.6. The Morgan fingerprint density at radius 1 is 0.975 bits per heavy atom. The molecule has 0 radical (unpaired) electrons. The smallest absolute Gasteiger partial charge is 0.227 e. The molecule has 1 fully saturated rings. The highest BCUT2D eigenvalue weighted by Crippen LogP contribution is 2.39. The summed E-state index contributed by atoms with van der Waals surface area (Å²) in [6.07, 6.45) is 3.47. The van der Waals surface area contributed by atoms with E-state index in [0.29, 0.717) is 17.0 Å². The molecule has 0 bridgehead atoms. The van der Waals surface area contributed by atoms with E-state index in [1.807, 2.05) is 6.07 Å². The van der Waals surface area contributed by atoms with Gasteiger partial charge in [0.05, 0.1) is 11.3 Å². The Labute approximate surface area is 238 Å². The molecule has 3 aromatic carbocycles. The third kappa shape index (κ3) is 4.43. The van der Waals surface area contributed by atoms with Gasteiger partial charge in [-0.05, 0) is 85.8 Å². The zero-order chi connectivity index (χ0) is 27.2. The molecule has 4 heterocycles. The lowest BCUT2D eigenvalue weighted by atomic mass is 9.91. The fourth-order valence-corrected chi connectivity index (χ4v) is 7.30. The Hall–Kier alpha value is -3.83. The SMILES string of the molecule is Cc1c(-c2nc3cc(CN4CCCC4)cc(C#N)c3o2)cccc1-c1cccc(-c2nc3c(s2)CNCC3)c1C. The van der Waals surface area contributed by atoms with Crippen LogP contribution < -0.4 is 5.32 Å². The van der Waals surface area contributed by atoms with Crippen molar-refractivity contribution in [2.75, 3.05) is 19.6 Å². The van der Waals surface area contributed by atoms with E-state index in [9.17, 15) is 5.26 Å². The van der Waals surface area contributed by atoms with Crippen LogP contribution in [0, 0.1) is 25.2 Å². The van der Waals surface area contributed by atoms with Crippen molar-refractivity contribution in [1.82, 2.24) is 20.2 Å². The van der Waals surface area contributed by atoms with Crippen LogP contribution in [0.2, 0.25) is 0 Å². The van der Waals surface area contributed by atoms with Crippen molar-refractivity contribution in [1.29, 1.82) is 5.26 Å². The van der Waals surface area contributed by atoms with Gasteiger partial charge in [0, 0.05) is 42.1 Å². The zero-order valence-electron chi connectivity index (χ0n) is 22.9. The summed E-state index contributed by atoms with van der Waals surface area (Å²) in [6.45, 7) is 9.28. The first-order valence-corrected chi connectivity index (χ1v) is 14.9. The summed E-state index contributed by atoms with van der Waals surface area (Å²) in [5.41, 5.74) is 11.0. The average molecular weight is 546 g/mol. The lowest BCUT2D eigenvalue weighted by Gasteiger charge is -2.14. The molecule has 1 saturated heterocycles. The van der Waals surface area contributed by atoms with Crippen molar-refractivity contribution in [3.63, 3.8) is 0 Å². The van der Waals surface area contributed by atoms with Gasteiger partial charge in [-0.3, -0.25) is 4.90 Å². The van der Waals surface area contributed by atoms with Gasteiger partial charge in [0.1, 0.15) is 16.6 Å². The highest BCUT2D eigenvalue weighted by atomic mass is 32.1. The summed E-state index contributed by atoms with van der Waals surface area (Å²) >= 11 is 1.80. The molecular weight excluding hydrogens is 514 g/mol. The highest BCUT2D eigenvalue weighted by Gasteiger charge is 2.21. The molecular formula is C33H31N5OS. The van der Waals surface area contributed by atoms with Gasteiger partial charge in [0.15, 0.2) is 5.58 Å². The molecule has 0 aliphatic carbocycles. The van der Waals surface area contributed by atoms with E-state index >= 15 is 0 Å². The number of nitriles is 1. The Kier molecular flexibility index (Phi) is 6.47. The maximum atomic E-state index is 9.89. The summed E-state index contributed by atoms with van der Waals surface area (Å²) in [6, 6.07) is 19.2. The number of benzene rings is 3. The Morgan fingerprint density at radius 2 is 1.70 bits per heavy atom. The van der Waals surface area contributed by atoms with Crippen LogP contribution in [0.4, 0.5) is 0 Å². The second-order valence-corrected chi connectivity index (χ2v) is 12.0. The average Bonchev–Trinajstić information content (AvgIpc) is 3.73. The van der Waals surface area contributed by atoms with Crippen LogP contribution in [-0.2, 0) is 19.5 Å². The predicted molar refractivity (Wildman–Crippen MR) is 160 cm³/mol. The van der Waals surface area contributed by atoms with E-state index in [1.165, 1.54) is 40.1 Å². The fraction of sp³-hybridized carbons (Fsp3) is 0.303. The molecule has 2 aliphatic heterocycles. The lowest BCUT2D eigenvalue weighted by Crippen LogP contribution is -2.22. The van der Waals surface area contributed by atoms with Crippen LogP contribution in [0.3, 0.4) is 0 Å². The molecule has 0 spiro atoms. The zero-order valence-corrected chi connectivity index (χ0v) is 23.7. The van der Waals surface area contributed by atoms with E-state index < -0.39 is 0 Å². The number of hydrogen-bond acceptors (Lipinski definition) is 7. The molecule has 2 aliphatic rings. The molecule has 1 N–H and O–H groups in total. The number of rotatable bonds is 5. The van der Waals surface area contributed by atoms with Crippen molar-refractivity contribution < 1.29 is 4.42 Å². The minimum absolute atomic E-state index is 0.546. The number of nitrogens with one attached hydrogen (secondary N) is 1. The Morgan fingerprint density at radius 3 is 2.45 bits per heavy atom. The monoisotopic (exact) mass is 545 g/mol. The van der Waals surface area contributed by atoms with Gasteiger partial charge in [0.2, 0.25) is 5.89 Å². The number of thiazole rings is 1. The Balaban J connectivity index is 1.27. The van der Waals surface area contributed by atoms with Crippen LogP contribution in [0.25, 0.3) is 44.3 Å². The molecule has 7 heteroatoms. The molecule has 200 valence electrons. The van der Waals surface area contributed by atoms with Gasteiger partial charge in [-0.1, -0.05) is 30.3 Å². The largest absolute Gasteiger partial charge is 0.435 e. The molecule has 2 aromatic heterocycles. The number of fused-ring (bicyclic) bond motifs is 2. The minimum Gasteiger partial charge on any atom is -0.435 e. The number of oxazole rings is 1. The number of nitrogens with zero attached hydrogens (tertiary/aromatic N) is 4. The molecule has 0 atom stereocenters. The van der Waals surface area contributed by atoms with Crippen molar-refractivity contribution in [3.8, 4) is 39.2 Å². The molecule has 7 rings (SSSR count). The van der Waals surface area contributed by atoms with Gasteiger partial charge in [-0.2, -0.15) is 5.26 Å². The summed E-state index contributed by atoms with van der Waals surface area (Å²) in [5, 5.41) is 14.4. The van der Waals surface area contributed by atoms with Crippen LogP contribution >= 0.6 is 11.3 Å². The molecule has 0 unspecified atom stereocenters. The highest BCUT2D eigenvalue weighted by molar-refractivity contribution is 7.15. The van der Waals surface area contributed by atoms with E-state index in [0.717, 1.165) is 71.9 Å². The lowest BCUT2D eigenvalue weighted by molar-refractivity contribution is 0.331. The topological polar surface area (TPSA) is 78.0 Å². The van der Waals surface area contributed by atoms with Gasteiger partial charge in [0.25, 0.3) is 0 Å². The van der Waals surface area contributed by atoms with Crippen molar-refractivity contribution in [3.05, 3.63) is 81.4 Å². The maximum Gasteiger partial charge on any atom is 0.227 e. The second kappa shape index (κ2) is 10.3. The Bertz CT molecular complexity index is 1760. The first kappa shape index (κ1) is 25.2.